The zero-order chi connectivity index (χ0) is 15.2. The van der Waals surface area contributed by atoms with E-state index in [1.807, 2.05) is 24.3 Å². The van der Waals surface area contributed by atoms with E-state index in [1.54, 1.807) is 0 Å². The van der Waals surface area contributed by atoms with Gasteiger partial charge in [0.15, 0.2) is 0 Å². The van der Waals surface area contributed by atoms with Gasteiger partial charge in [0.1, 0.15) is 0 Å². The van der Waals surface area contributed by atoms with Crippen molar-refractivity contribution in [3.05, 3.63) is 68.7 Å². The largest absolute Gasteiger partial charge is 0.334 e. The normalized spacial score (nSPS) is 9.95. The summed E-state index contributed by atoms with van der Waals surface area (Å²) < 4.78 is 0.942. The molecule has 2 rings (SSSR count). The number of hydrogen-bond acceptors (Lipinski definition) is 3. The molecular formula is C14H12BrN3O3. The summed E-state index contributed by atoms with van der Waals surface area (Å²) in [6, 6.07) is 12.9. The fourth-order valence-corrected chi connectivity index (χ4v) is 2.12. The Morgan fingerprint density at radius 1 is 1.19 bits per heavy atom. The minimum absolute atomic E-state index is 0.0184. The fourth-order valence-electron chi connectivity index (χ4n) is 1.67. The standard InChI is InChI=1S/C14H12BrN3O3/c15-11-3-1-2-10(8-11)9-16-14(19)17-12-4-6-13(7-5-12)18(20)21/h1-8H,9H2,(H2,16,17,19). The number of non-ortho nitro benzene ring substituents is 1. The highest BCUT2D eigenvalue weighted by molar-refractivity contribution is 9.10. The van der Waals surface area contributed by atoms with Crippen LogP contribution in [-0.4, -0.2) is 11.0 Å². The zero-order valence-corrected chi connectivity index (χ0v) is 12.5. The Morgan fingerprint density at radius 3 is 2.52 bits per heavy atom. The molecular weight excluding hydrogens is 338 g/mol. The molecule has 2 aromatic rings. The molecule has 21 heavy (non-hydrogen) atoms. The number of anilines is 1. The molecule has 0 bridgehead atoms. The molecule has 0 aliphatic rings. The van der Waals surface area contributed by atoms with Gasteiger partial charge < -0.3 is 10.6 Å². The van der Waals surface area contributed by atoms with E-state index in [4.69, 9.17) is 0 Å². The van der Waals surface area contributed by atoms with Gasteiger partial charge in [0, 0.05) is 28.8 Å². The molecule has 108 valence electrons. The van der Waals surface area contributed by atoms with Crippen molar-refractivity contribution < 1.29 is 9.72 Å². The number of nitro groups is 1. The lowest BCUT2D eigenvalue weighted by molar-refractivity contribution is -0.384. The van der Waals surface area contributed by atoms with Crippen LogP contribution in [0.4, 0.5) is 16.2 Å². The summed E-state index contributed by atoms with van der Waals surface area (Å²) in [7, 11) is 0. The van der Waals surface area contributed by atoms with E-state index < -0.39 is 4.92 Å². The monoisotopic (exact) mass is 349 g/mol. The highest BCUT2D eigenvalue weighted by Crippen LogP contribution is 2.15. The van der Waals surface area contributed by atoms with Gasteiger partial charge in [0.25, 0.3) is 5.69 Å². The van der Waals surface area contributed by atoms with Crippen LogP contribution in [0.3, 0.4) is 0 Å². The van der Waals surface area contributed by atoms with Crippen LogP contribution in [0.25, 0.3) is 0 Å². The third-order valence-electron chi connectivity index (χ3n) is 2.68. The van der Waals surface area contributed by atoms with Gasteiger partial charge in [-0.3, -0.25) is 10.1 Å². The molecule has 7 heteroatoms. The number of amides is 2. The third kappa shape index (κ3) is 4.57. The van der Waals surface area contributed by atoms with E-state index >= 15 is 0 Å². The average Bonchev–Trinajstić information content (AvgIpc) is 2.46. The van der Waals surface area contributed by atoms with E-state index in [-0.39, 0.29) is 11.7 Å². The molecule has 0 atom stereocenters. The number of benzene rings is 2. The smallest absolute Gasteiger partial charge is 0.319 e. The van der Waals surface area contributed by atoms with Crippen molar-refractivity contribution in [1.29, 1.82) is 0 Å². The molecule has 0 aromatic heterocycles. The number of carbonyl (C=O) groups excluding carboxylic acids is 1. The highest BCUT2D eigenvalue weighted by Gasteiger charge is 2.06. The second kappa shape index (κ2) is 6.85. The Bertz CT molecular complexity index is 659. The number of hydrogen-bond donors (Lipinski definition) is 2. The van der Waals surface area contributed by atoms with Crippen LogP contribution >= 0.6 is 15.9 Å². The van der Waals surface area contributed by atoms with E-state index in [9.17, 15) is 14.9 Å². The van der Waals surface area contributed by atoms with Gasteiger partial charge in [-0.2, -0.15) is 0 Å². The van der Waals surface area contributed by atoms with E-state index in [1.165, 1.54) is 24.3 Å². The maximum atomic E-state index is 11.7. The molecule has 0 radical (unpaired) electrons. The van der Waals surface area contributed by atoms with Gasteiger partial charge in [-0.25, -0.2) is 4.79 Å². The molecule has 0 heterocycles. The molecule has 6 nitrogen and oxygen atoms in total. The predicted molar refractivity (Wildman–Crippen MR) is 83.1 cm³/mol. The van der Waals surface area contributed by atoms with Crippen LogP contribution in [0.2, 0.25) is 0 Å². The number of rotatable bonds is 4. The number of nitro benzene ring substituents is 1. The van der Waals surface area contributed by atoms with Gasteiger partial charge in [0.05, 0.1) is 4.92 Å². The molecule has 0 aliphatic carbocycles. The van der Waals surface area contributed by atoms with Crippen molar-refractivity contribution in [2.24, 2.45) is 0 Å². The first-order valence-electron chi connectivity index (χ1n) is 6.08. The number of halogens is 1. The average molecular weight is 350 g/mol. The lowest BCUT2D eigenvalue weighted by atomic mass is 10.2. The van der Waals surface area contributed by atoms with Crippen molar-refractivity contribution in [2.45, 2.75) is 6.54 Å². The molecule has 0 unspecified atom stereocenters. The molecule has 0 aliphatic heterocycles. The van der Waals surface area contributed by atoms with Crippen molar-refractivity contribution in [2.75, 3.05) is 5.32 Å². The lowest BCUT2D eigenvalue weighted by Gasteiger charge is -2.07. The molecule has 0 fully saturated rings. The minimum atomic E-state index is -0.489. The quantitative estimate of drug-likeness (QED) is 0.652. The Kier molecular flexibility index (Phi) is 4.89. The number of urea groups is 1. The topological polar surface area (TPSA) is 84.3 Å². The van der Waals surface area contributed by atoms with E-state index in [0.717, 1.165) is 10.0 Å². The van der Waals surface area contributed by atoms with Gasteiger partial charge in [0.2, 0.25) is 0 Å². The number of carbonyl (C=O) groups is 1. The van der Waals surface area contributed by atoms with Crippen molar-refractivity contribution in [1.82, 2.24) is 5.32 Å². The summed E-state index contributed by atoms with van der Waals surface area (Å²) in [5, 5.41) is 15.8. The Labute approximate surface area is 129 Å². The summed E-state index contributed by atoms with van der Waals surface area (Å²) in [5.74, 6) is 0. The lowest BCUT2D eigenvalue weighted by Crippen LogP contribution is -2.28. The van der Waals surface area contributed by atoms with Crippen molar-refractivity contribution >= 4 is 33.3 Å². The minimum Gasteiger partial charge on any atom is -0.334 e. The molecule has 2 amide bonds. The molecule has 0 saturated carbocycles. The maximum absolute atomic E-state index is 11.7. The number of nitrogens with zero attached hydrogens (tertiary/aromatic N) is 1. The fraction of sp³-hybridized carbons (Fsp3) is 0.0714. The SMILES string of the molecule is O=C(NCc1cccc(Br)c1)Nc1ccc([N+](=O)[O-])cc1. The van der Waals surface area contributed by atoms with Crippen molar-refractivity contribution in [3.63, 3.8) is 0 Å². The van der Waals surface area contributed by atoms with Crippen LogP contribution < -0.4 is 10.6 Å². The molecule has 2 aromatic carbocycles. The second-order valence-corrected chi connectivity index (χ2v) is 5.16. The zero-order valence-electron chi connectivity index (χ0n) is 10.9. The summed E-state index contributed by atoms with van der Waals surface area (Å²) >= 11 is 3.36. The highest BCUT2D eigenvalue weighted by atomic mass is 79.9. The predicted octanol–water partition coefficient (Wildman–Crippen LogP) is 3.68. The third-order valence-corrected chi connectivity index (χ3v) is 3.17. The molecule has 2 N–H and O–H groups in total. The first-order valence-corrected chi connectivity index (χ1v) is 6.87. The van der Waals surface area contributed by atoms with Crippen LogP contribution in [0.1, 0.15) is 5.56 Å². The summed E-state index contributed by atoms with van der Waals surface area (Å²) in [4.78, 5) is 21.8. The van der Waals surface area contributed by atoms with Gasteiger partial charge >= 0.3 is 6.03 Å². The Balaban J connectivity index is 1.88. The first-order chi connectivity index (χ1) is 10.0. The van der Waals surface area contributed by atoms with Crippen LogP contribution in [0.5, 0.6) is 0 Å². The molecule has 0 saturated heterocycles. The maximum Gasteiger partial charge on any atom is 0.319 e. The number of nitrogens with one attached hydrogen (secondary N) is 2. The van der Waals surface area contributed by atoms with Crippen molar-refractivity contribution in [3.8, 4) is 0 Å². The Morgan fingerprint density at radius 2 is 1.90 bits per heavy atom. The first kappa shape index (κ1) is 15.0. The van der Waals surface area contributed by atoms with Crippen LogP contribution in [0.15, 0.2) is 53.0 Å². The van der Waals surface area contributed by atoms with Gasteiger partial charge in [-0.05, 0) is 29.8 Å². The Hall–Kier alpha value is -2.41. The second-order valence-electron chi connectivity index (χ2n) is 4.24. The summed E-state index contributed by atoms with van der Waals surface area (Å²) in [5.41, 5.74) is 1.44. The molecule has 0 spiro atoms. The van der Waals surface area contributed by atoms with E-state index in [0.29, 0.717) is 12.2 Å². The summed E-state index contributed by atoms with van der Waals surface area (Å²) in [6.45, 7) is 0.387. The van der Waals surface area contributed by atoms with Crippen LogP contribution in [-0.2, 0) is 6.54 Å². The van der Waals surface area contributed by atoms with Gasteiger partial charge in [-0.15, -0.1) is 0 Å². The van der Waals surface area contributed by atoms with Gasteiger partial charge in [-0.1, -0.05) is 28.1 Å². The summed E-state index contributed by atoms with van der Waals surface area (Å²) in [6.07, 6.45) is 0. The van der Waals surface area contributed by atoms with E-state index in [2.05, 4.69) is 26.6 Å². The van der Waals surface area contributed by atoms with Crippen LogP contribution in [0, 0.1) is 10.1 Å².